The molecule has 1 fully saturated rings. The first-order valence-corrected chi connectivity index (χ1v) is 9.01. The fraction of sp³-hybridized carbons (Fsp3) is 0.381. The first kappa shape index (κ1) is 16.0. The summed E-state index contributed by atoms with van der Waals surface area (Å²) in [6.07, 6.45) is 1.56. The number of ether oxygens (including phenoxy) is 1. The van der Waals surface area contributed by atoms with Crippen LogP contribution in [0.3, 0.4) is 0 Å². The third-order valence-corrected chi connectivity index (χ3v) is 5.54. The number of benzene rings is 2. The molecule has 1 saturated heterocycles. The number of fused-ring (bicyclic) bond motifs is 3. The van der Waals surface area contributed by atoms with Gasteiger partial charge in [0.2, 0.25) is 5.91 Å². The van der Waals surface area contributed by atoms with Crippen molar-refractivity contribution >= 4 is 11.6 Å². The summed E-state index contributed by atoms with van der Waals surface area (Å²) in [6.45, 7) is 2.77. The maximum absolute atomic E-state index is 12.6. The van der Waals surface area contributed by atoms with Crippen molar-refractivity contribution in [1.29, 1.82) is 0 Å². The smallest absolute Gasteiger partial charge is 0.222 e. The summed E-state index contributed by atoms with van der Waals surface area (Å²) in [5, 5.41) is 3.72. The number of rotatable bonds is 3. The number of hydrogen-bond donors (Lipinski definition) is 1. The maximum Gasteiger partial charge on any atom is 0.222 e. The molecule has 0 spiro atoms. The van der Waals surface area contributed by atoms with E-state index in [2.05, 4.69) is 46.6 Å². The molecule has 1 N–H and O–H groups in total. The molecule has 3 atom stereocenters. The first-order chi connectivity index (χ1) is 12.2. The van der Waals surface area contributed by atoms with Gasteiger partial charge >= 0.3 is 0 Å². The summed E-state index contributed by atoms with van der Waals surface area (Å²) in [7, 11) is 1.69. The Bertz CT molecular complexity index is 775. The van der Waals surface area contributed by atoms with E-state index in [0.29, 0.717) is 12.3 Å². The Labute approximate surface area is 148 Å². The van der Waals surface area contributed by atoms with Gasteiger partial charge in [-0.3, -0.25) is 4.79 Å². The van der Waals surface area contributed by atoms with Crippen molar-refractivity contribution < 1.29 is 9.53 Å². The summed E-state index contributed by atoms with van der Waals surface area (Å²) in [4.78, 5) is 14.6. The van der Waals surface area contributed by atoms with Gasteiger partial charge in [0.05, 0.1) is 19.2 Å². The van der Waals surface area contributed by atoms with Crippen LogP contribution >= 0.6 is 0 Å². The number of hydrogen-bond acceptors (Lipinski definition) is 3. The number of likely N-dealkylation sites (tertiary alicyclic amines) is 1. The third-order valence-electron chi connectivity index (χ3n) is 5.54. The van der Waals surface area contributed by atoms with E-state index in [1.54, 1.807) is 7.11 Å². The minimum Gasteiger partial charge on any atom is -0.497 e. The minimum absolute atomic E-state index is 0.115. The summed E-state index contributed by atoms with van der Waals surface area (Å²) >= 11 is 0. The normalized spacial score (nSPS) is 24.2. The molecule has 0 bridgehead atoms. The third kappa shape index (κ3) is 2.66. The standard InChI is InChI=1S/C21H24N2O2/c1-3-19(24)23-12-11-16-20(14-7-5-4-6-8-14)22-18-10-9-15(25-2)13-17(18)21(16)23/h4-10,13,16,20-22H,3,11-12H2,1-2H3/t16-,20-,21-/m0/s1. The van der Waals surface area contributed by atoms with Gasteiger partial charge in [0, 0.05) is 30.1 Å². The Hall–Kier alpha value is -2.49. The van der Waals surface area contributed by atoms with Gasteiger partial charge in [-0.2, -0.15) is 0 Å². The van der Waals surface area contributed by atoms with E-state index < -0.39 is 0 Å². The van der Waals surface area contributed by atoms with Gasteiger partial charge < -0.3 is 15.0 Å². The lowest BCUT2D eigenvalue weighted by molar-refractivity contribution is -0.132. The molecule has 2 aromatic rings. The van der Waals surface area contributed by atoms with Gasteiger partial charge in [0.15, 0.2) is 0 Å². The Balaban J connectivity index is 1.81. The van der Waals surface area contributed by atoms with Crippen molar-refractivity contribution in [3.05, 3.63) is 59.7 Å². The van der Waals surface area contributed by atoms with Crippen molar-refractivity contribution in [2.75, 3.05) is 19.0 Å². The summed E-state index contributed by atoms with van der Waals surface area (Å²) in [6, 6.07) is 17.0. The molecule has 0 unspecified atom stereocenters. The second kappa shape index (κ2) is 6.43. The molecule has 0 saturated carbocycles. The molecule has 0 aromatic heterocycles. The van der Waals surface area contributed by atoms with E-state index in [0.717, 1.165) is 24.4 Å². The second-order valence-corrected chi connectivity index (χ2v) is 6.82. The molecule has 2 heterocycles. The number of anilines is 1. The number of carbonyl (C=O) groups is 1. The van der Waals surface area contributed by atoms with Crippen molar-refractivity contribution in [2.24, 2.45) is 5.92 Å². The number of amides is 1. The molecule has 1 amide bonds. The SMILES string of the molecule is CCC(=O)N1CC[C@@H]2[C@H]1c1cc(OC)ccc1N[C@H]2c1ccccc1. The van der Waals surface area contributed by atoms with Gasteiger partial charge in [0.1, 0.15) is 5.75 Å². The summed E-state index contributed by atoms with van der Waals surface area (Å²) in [5.41, 5.74) is 3.56. The lowest BCUT2D eigenvalue weighted by atomic mass is 9.80. The Morgan fingerprint density at radius 3 is 2.76 bits per heavy atom. The van der Waals surface area contributed by atoms with Crippen LogP contribution in [0.15, 0.2) is 48.5 Å². The van der Waals surface area contributed by atoms with Crippen LogP contribution in [-0.4, -0.2) is 24.5 Å². The van der Waals surface area contributed by atoms with Gasteiger partial charge in [-0.05, 0) is 30.2 Å². The van der Waals surface area contributed by atoms with Gasteiger partial charge in [0.25, 0.3) is 0 Å². The molecule has 25 heavy (non-hydrogen) atoms. The highest BCUT2D eigenvalue weighted by molar-refractivity contribution is 5.78. The van der Waals surface area contributed by atoms with Crippen LogP contribution in [0.25, 0.3) is 0 Å². The molecule has 2 aliphatic heterocycles. The Morgan fingerprint density at radius 1 is 1.24 bits per heavy atom. The molecule has 4 nitrogen and oxygen atoms in total. The van der Waals surface area contributed by atoms with Crippen LogP contribution in [-0.2, 0) is 4.79 Å². The van der Waals surface area contributed by atoms with Gasteiger partial charge in [-0.25, -0.2) is 0 Å². The topological polar surface area (TPSA) is 41.6 Å². The summed E-state index contributed by atoms with van der Waals surface area (Å²) < 4.78 is 5.43. The lowest BCUT2D eigenvalue weighted by Crippen LogP contribution is -2.37. The largest absolute Gasteiger partial charge is 0.497 e. The second-order valence-electron chi connectivity index (χ2n) is 6.82. The minimum atomic E-state index is 0.115. The van der Waals surface area contributed by atoms with Gasteiger partial charge in [-0.15, -0.1) is 0 Å². The average molecular weight is 336 g/mol. The molecule has 4 heteroatoms. The highest BCUT2D eigenvalue weighted by Gasteiger charge is 2.45. The monoisotopic (exact) mass is 336 g/mol. The van der Waals surface area contributed by atoms with E-state index in [9.17, 15) is 4.79 Å². The van der Waals surface area contributed by atoms with Crippen LogP contribution in [0.2, 0.25) is 0 Å². The van der Waals surface area contributed by atoms with E-state index in [-0.39, 0.29) is 18.0 Å². The highest BCUT2D eigenvalue weighted by Crippen LogP contribution is 2.51. The molecule has 2 aliphatic rings. The molecule has 2 aromatic carbocycles. The van der Waals surface area contributed by atoms with E-state index in [1.807, 2.05) is 19.1 Å². The number of methoxy groups -OCH3 is 1. The predicted octanol–water partition coefficient (Wildman–Crippen LogP) is 4.16. The molecule has 0 radical (unpaired) electrons. The van der Waals surface area contributed by atoms with E-state index in [1.165, 1.54) is 11.1 Å². The number of carbonyl (C=O) groups excluding carboxylic acids is 1. The number of nitrogens with one attached hydrogen (secondary N) is 1. The Kier molecular flexibility index (Phi) is 4.12. The fourth-order valence-corrected chi connectivity index (χ4v) is 4.36. The van der Waals surface area contributed by atoms with Crippen LogP contribution < -0.4 is 10.1 Å². The molecular formula is C21H24N2O2. The fourth-order valence-electron chi connectivity index (χ4n) is 4.36. The Morgan fingerprint density at radius 2 is 2.04 bits per heavy atom. The highest BCUT2D eigenvalue weighted by atomic mass is 16.5. The van der Waals surface area contributed by atoms with E-state index in [4.69, 9.17) is 4.74 Å². The van der Waals surface area contributed by atoms with Crippen molar-refractivity contribution in [3.8, 4) is 5.75 Å². The quantitative estimate of drug-likeness (QED) is 0.915. The van der Waals surface area contributed by atoms with Crippen molar-refractivity contribution in [3.63, 3.8) is 0 Å². The zero-order valence-electron chi connectivity index (χ0n) is 14.7. The zero-order chi connectivity index (χ0) is 17.4. The zero-order valence-corrected chi connectivity index (χ0v) is 14.7. The van der Waals surface area contributed by atoms with Crippen molar-refractivity contribution in [1.82, 2.24) is 4.90 Å². The number of nitrogens with zero attached hydrogens (tertiary/aromatic N) is 1. The lowest BCUT2D eigenvalue weighted by Gasteiger charge is -2.40. The maximum atomic E-state index is 12.6. The molecule has 130 valence electrons. The van der Waals surface area contributed by atoms with Gasteiger partial charge in [-0.1, -0.05) is 37.3 Å². The average Bonchev–Trinajstić information content (AvgIpc) is 3.12. The molecule has 4 rings (SSSR count). The van der Waals surface area contributed by atoms with Crippen LogP contribution in [0.4, 0.5) is 5.69 Å². The van der Waals surface area contributed by atoms with Crippen molar-refractivity contribution in [2.45, 2.75) is 31.8 Å². The first-order valence-electron chi connectivity index (χ1n) is 9.01. The van der Waals surface area contributed by atoms with E-state index >= 15 is 0 Å². The molecular weight excluding hydrogens is 312 g/mol. The van der Waals surface area contributed by atoms with Crippen LogP contribution in [0, 0.1) is 5.92 Å². The predicted molar refractivity (Wildman–Crippen MR) is 98.7 cm³/mol. The van der Waals surface area contributed by atoms with Crippen LogP contribution in [0.1, 0.15) is 43.0 Å². The summed E-state index contributed by atoms with van der Waals surface area (Å²) in [5.74, 6) is 1.45. The molecule has 0 aliphatic carbocycles. The van der Waals surface area contributed by atoms with Crippen LogP contribution in [0.5, 0.6) is 5.75 Å².